The second kappa shape index (κ2) is 5.40. The summed E-state index contributed by atoms with van der Waals surface area (Å²) in [5, 5.41) is 10.1. The second-order valence-corrected chi connectivity index (χ2v) is 6.62. The van der Waals surface area contributed by atoms with Crippen molar-refractivity contribution < 1.29 is 4.79 Å². The van der Waals surface area contributed by atoms with E-state index in [1.165, 1.54) is 19.3 Å². The molecule has 2 aliphatic rings. The molecule has 23 heavy (non-hydrogen) atoms. The van der Waals surface area contributed by atoms with Gasteiger partial charge in [0, 0.05) is 25.6 Å². The van der Waals surface area contributed by atoms with E-state index in [4.69, 9.17) is 0 Å². The van der Waals surface area contributed by atoms with Gasteiger partial charge in [-0.25, -0.2) is 0 Å². The lowest BCUT2D eigenvalue weighted by Crippen LogP contribution is -2.27. The molecule has 0 spiro atoms. The zero-order valence-corrected chi connectivity index (χ0v) is 13.2. The number of aryl methyl sites for hydroxylation is 1. The number of carbonyl (C=O) groups excluding carboxylic acids is 1. The Labute approximate surface area is 133 Å². The first-order valence-electron chi connectivity index (χ1n) is 8.26. The van der Waals surface area contributed by atoms with Gasteiger partial charge in [-0.05, 0) is 18.4 Å². The summed E-state index contributed by atoms with van der Waals surface area (Å²) in [5.74, 6) is 0.392. The monoisotopic (exact) mass is 315 g/mol. The fourth-order valence-corrected chi connectivity index (χ4v) is 3.90. The van der Waals surface area contributed by atoms with Crippen LogP contribution in [0.25, 0.3) is 0 Å². The molecule has 0 aromatic carbocycles. The van der Waals surface area contributed by atoms with Crippen molar-refractivity contribution in [2.75, 3.05) is 5.32 Å². The summed E-state index contributed by atoms with van der Waals surface area (Å²) in [7, 11) is 1.84. The predicted molar refractivity (Wildman–Crippen MR) is 85.5 cm³/mol. The zero-order chi connectivity index (χ0) is 16.0. The normalized spacial score (nSPS) is 22.0. The highest BCUT2D eigenvalue weighted by Gasteiger charge is 2.34. The summed E-state index contributed by atoms with van der Waals surface area (Å²) < 4.78 is 3.60. The van der Waals surface area contributed by atoms with Crippen LogP contribution in [0.2, 0.25) is 0 Å². The molecule has 1 amide bonds. The van der Waals surface area contributed by atoms with E-state index in [0.29, 0.717) is 11.4 Å². The molecule has 0 radical (unpaired) electrons. The standard InChI is InChI=1S/C16H21N5O2/c1-20-9-10(8-17-20)12-7-13(22)18-15-14(12)16(23)19-21(15)11-5-3-2-4-6-11/h8-9,11-12H,2-7H2,1H3,(H,18,22)(H,19,23)/t12-/m0/s1. The number of aromatic amines is 1. The maximum atomic E-state index is 12.6. The highest BCUT2D eigenvalue weighted by Crippen LogP contribution is 2.38. The first-order valence-corrected chi connectivity index (χ1v) is 8.26. The van der Waals surface area contributed by atoms with Gasteiger partial charge >= 0.3 is 0 Å². The molecular formula is C16H21N5O2. The van der Waals surface area contributed by atoms with Crippen molar-refractivity contribution in [1.82, 2.24) is 19.6 Å². The van der Waals surface area contributed by atoms with Crippen LogP contribution in [0.1, 0.15) is 61.6 Å². The van der Waals surface area contributed by atoms with E-state index in [1.807, 2.05) is 17.9 Å². The number of hydrogen-bond donors (Lipinski definition) is 2. The van der Waals surface area contributed by atoms with Gasteiger partial charge in [0.25, 0.3) is 5.56 Å². The zero-order valence-electron chi connectivity index (χ0n) is 13.2. The van der Waals surface area contributed by atoms with Crippen LogP contribution in [0.15, 0.2) is 17.2 Å². The Morgan fingerprint density at radius 3 is 2.70 bits per heavy atom. The van der Waals surface area contributed by atoms with Crippen molar-refractivity contribution in [2.45, 2.75) is 50.5 Å². The molecule has 2 aromatic rings. The van der Waals surface area contributed by atoms with E-state index < -0.39 is 0 Å². The lowest BCUT2D eigenvalue weighted by Gasteiger charge is -2.27. The van der Waals surface area contributed by atoms with Crippen LogP contribution < -0.4 is 10.9 Å². The molecule has 0 bridgehead atoms. The molecule has 7 nitrogen and oxygen atoms in total. The summed E-state index contributed by atoms with van der Waals surface area (Å²) in [6.45, 7) is 0. The van der Waals surface area contributed by atoms with Crippen LogP contribution in [0.5, 0.6) is 0 Å². The molecule has 2 aromatic heterocycles. The highest BCUT2D eigenvalue weighted by atomic mass is 16.2. The number of anilines is 1. The van der Waals surface area contributed by atoms with Gasteiger partial charge in [-0.15, -0.1) is 0 Å². The van der Waals surface area contributed by atoms with Gasteiger partial charge < -0.3 is 5.32 Å². The maximum absolute atomic E-state index is 12.6. The Balaban J connectivity index is 1.80. The maximum Gasteiger partial charge on any atom is 0.270 e. The molecule has 0 saturated heterocycles. The van der Waals surface area contributed by atoms with Gasteiger partial charge in [-0.3, -0.25) is 24.1 Å². The van der Waals surface area contributed by atoms with Crippen LogP contribution >= 0.6 is 0 Å². The molecule has 1 saturated carbocycles. The fraction of sp³-hybridized carbons (Fsp3) is 0.562. The van der Waals surface area contributed by atoms with Crippen molar-refractivity contribution in [2.24, 2.45) is 7.05 Å². The SMILES string of the molecule is Cn1cc([C@@H]2CC(=O)Nc3c2c(=O)[nH]n3C2CCCCC2)cn1. The first kappa shape index (κ1) is 14.3. The summed E-state index contributed by atoms with van der Waals surface area (Å²) >= 11 is 0. The average Bonchev–Trinajstić information content (AvgIpc) is 3.12. The van der Waals surface area contributed by atoms with Gasteiger partial charge in [0.1, 0.15) is 5.82 Å². The van der Waals surface area contributed by atoms with Crippen molar-refractivity contribution in [3.63, 3.8) is 0 Å². The fourth-order valence-electron chi connectivity index (χ4n) is 3.90. The third-order valence-corrected chi connectivity index (χ3v) is 5.03. The van der Waals surface area contributed by atoms with Crippen molar-refractivity contribution >= 4 is 11.7 Å². The smallest absolute Gasteiger partial charge is 0.270 e. The number of hydrogen-bond acceptors (Lipinski definition) is 3. The predicted octanol–water partition coefficient (Wildman–Crippen LogP) is 1.89. The number of rotatable bonds is 2. The topological polar surface area (TPSA) is 84.7 Å². The number of aromatic nitrogens is 4. The van der Waals surface area contributed by atoms with Crippen LogP contribution in [0, 0.1) is 0 Å². The van der Waals surface area contributed by atoms with E-state index in [0.717, 1.165) is 18.4 Å². The van der Waals surface area contributed by atoms with E-state index in [9.17, 15) is 9.59 Å². The van der Waals surface area contributed by atoms with Crippen molar-refractivity contribution in [3.8, 4) is 0 Å². The minimum absolute atomic E-state index is 0.0464. The Morgan fingerprint density at radius 2 is 2.00 bits per heavy atom. The van der Waals surface area contributed by atoms with Gasteiger partial charge in [0.05, 0.1) is 17.8 Å². The number of amides is 1. The molecule has 7 heteroatoms. The Kier molecular flexibility index (Phi) is 3.36. The molecule has 1 fully saturated rings. The molecule has 1 aliphatic carbocycles. The van der Waals surface area contributed by atoms with Crippen LogP contribution in [-0.2, 0) is 11.8 Å². The number of nitrogens with zero attached hydrogens (tertiary/aromatic N) is 3. The largest absolute Gasteiger partial charge is 0.311 e. The Hall–Kier alpha value is -2.31. The number of nitrogens with one attached hydrogen (secondary N) is 2. The summed E-state index contributed by atoms with van der Waals surface area (Å²) in [5.41, 5.74) is 1.48. The molecule has 0 unspecified atom stereocenters. The van der Waals surface area contributed by atoms with Gasteiger partial charge in [-0.1, -0.05) is 19.3 Å². The minimum atomic E-state index is -0.221. The molecule has 4 rings (SSSR count). The lowest BCUT2D eigenvalue weighted by atomic mass is 9.89. The summed E-state index contributed by atoms with van der Waals surface area (Å²) in [6, 6.07) is 0.271. The van der Waals surface area contributed by atoms with Gasteiger partial charge in [0.15, 0.2) is 0 Å². The van der Waals surface area contributed by atoms with Crippen molar-refractivity contribution in [3.05, 3.63) is 33.9 Å². The molecule has 122 valence electrons. The third kappa shape index (κ3) is 2.40. The lowest BCUT2D eigenvalue weighted by molar-refractivity contribution is -0.116. The molecular weight excluding hydrogens is 294 g/mol. The minimum Gasteiger partial charge on any atom is -0.311 e. The number of H-pyrrole nitrogens is 1. The van der Waals surface area contributed by atoms with E-state index in [-0.39, 0.29) is 29.8 Å². The van der Waals surface area contributed by atoms with Crippen LogP contribution in [-0.4, -0.2) is 25.5 Å². The number of fused-ring (bicyclic) bond motifs is 1. The summed E-state index contributed by atoms with van der Waals surface area (Å²) in [4.78, 5) is 24.8. The van der Waals surface area contributed by atoms with E-state index in [1.54, 1.807) is 10.9 Å². The summed E-state index contributed by atoms with van der Waals surface area (Å²) in [6.07, 6.45) is 9.58. The van der Waals surface area contributed by atoms with Crippen LogP contribution in [0.3, 0.4) is 0 Å². The third-order valence-electron chi connectivity index (χ3n) is 5.03. The molecule has 2 N–H and O–H groups in total. The van der Waals surface area contributed by atoms with E-state index >= 15 is 0 Å². The average molecular weight is 315 g/mol. The second-order valence-electron chi connectivity index (χ2n) is 6.62. The Morgan fingerprint density at radius 1 is 1.22 bits per heavy atom. The van der Waals surface area contributed by atoms with Crippen molar-refractivity contribution in [1.29, 1.82) is 0 Å². The molecule has 1 aliphatic heterocycles. The molecule has 3 heterocycles. The van der Waals surface area contributed by atoms with Gasteiger partial charge in [0.2, 0.25) is 5.91 Å². The first-order chi connectivity index (χ1) is 11.1. The van der Waals surface area contributed by atoms with Crippen LogP contribution in [0.4, 0.5) is 5.82 Å². The quantitative estimate of drug-likeness (QED) is 0.887. The van der Waals surface area contributed by atoms with Gasteiger partial charge in [-0.2, -0.15) is 5.10 Å². The highest BCUT2D eigenvalue weighted by molar-refractivity contribution is 5.94. The Bertz CT molecular complexity index is 794. The molecule has 1 atom stereocenters. The van der Waals surface area contributed by atoms with E-state index in [2.05, 4.69) is 15.5 Å². The number of carbonyl (C=O) groups is 1.